The number of hydrogen-bond donors (Lipinski definition) is 2. The molecule has 0 rings (SSSR count). The second kappa shape index (κ2) is 7.87. The lowest BCUT2D eigenvalue weighted by molar-refractivity contribution is -0.132. The van der Waals surface area contributed by atoms with Crippen LogP contribution in [-0.2, 0) is 9.59 Å². The van der Waals surface area contributed by atoms with Gasteiger partial charge in [0.15, 0.2) is 5.78 Å². The van der Waals surface area contributed by atoms with Crippen LogP contribution in [0.2, 0.25) is 0 Å². The van der Waals surface area contributed by atoms with E-state index in [0.717, 1.165) is 0 Å². The molecule has 0 aromatic rings. The summed E-state index contributed by atoms with van der Waals surface area (Å²) in [6, 6.07) is 0. The van der Waals surface area contributed by atoms with Crippen LogP contribution in [0.3, 0.4) is 0 Å². The van der Waals surface area contributed by atoms with Gasteiger partial charge in [-0.05, 0) is 5.92 Å². The molecule has 0 amide bonds. The third kappa shape index (κ3) is 5.31. The molecule has 0 aliphatic carbocycles. The first kappa shape index (κ1) is 16.6. The highest BCUT2D eigenvalue weighted by atomic mass is 16.3. The maximum atomic E-state index is 11.7. The molecule has 2 N–H and O–H groups in total. The summed E-state index contributed by atoms with van der Waals surface area (Å²) in [6.07, 6.45) is -2.91. The van der Waals surface area contributed by atoms with E-state index in [-0.39, 0.29) is 30.9 Å². The molecule has 6 heteroatoms. The van der Waals surface area contributed by atoms with Gasteiger partial charge >= 0.3 is 5.71 Å². The maximum absolute atomic E-state index is 11.7. The van der Waals surface area contributed by atoms with Gasteiger partial charge in [-0.1, -0.05) is 20.8 Å². The molecule has 0 aromatic heterocycles. The van der Waals surface area contributed by atoms with E-state index in [4.69, 9.17) is 5.53 Å². The Morgan fingerprint density at radius 3 is 2.17 bits per heavy atom. The summed E-state index contributed by atoms with van der Waals surface area (Å²) in [6.45, 7) is 5.25. The van der Waals surface area contributed by atoms with Gasteiger partial charge in [-0.15, -0.1) is 0 Å². The molecule has 0 heterocycles. The van der Waals surface area contributed by atoms with Gasteiger partial charge in [-0.25, -0.2) is 0 Å². The highest BCUT2D eigenvalue weighted by Gasteiger charge is 2.31. The largest absolute Gasteiger partial charge is 0.385 e. The molecule has 0 aliphatic heterocycles. The molecule has 6 nitrogen and oxygen atoms in total. The van der Waals surface area contributed by atoms with E-state index in [9.17, 15) is 19.8 Å². The summed E-state index contributed by atoms with van der Waals surface area (Å²) in [5.41, 5.74) is 8.57. The van der Waals surface area contributed by atoms with Crippen molar-refractivity contribution in [3.05, 3.63) is 5.53 Å². The topological polar surface area (TPSA) is 111 Å². The van der Waals surface area contributed by atoms with E-state index in [2.05, 4.69) is 4.79 Å². The molecule has 2 atom stereocenters. The molecule has 0 aliphatic rings. The Labute approximate surface area is 106 Å². The van der Waals surface area contributed by atoms with Crippen LogP contribution in [0.4, 0.5) is 0 Å². The van der Waals surface area contributed by atoms with E-state index in [0.29, 0.717) is 0 Å². The third-order valence-corrected chi connectivity index (χ3v) is 2.48. The fraction of sp³-hybridized carbons (Fsp3) is 0.750. The van der Waals surface area contributed by atoms with Gasteiger partial charge in [0.25, 0.3) is 5.78 Å². The van der Waals surface area contributed by atoms with Gasteiger partial charge in [-0.3, -0.25) is 9.59 Å². The van der Waals surface area contributed by atoms with Gasteiger partial charge in [0.2, 0.25) is 0 Å². The molecule has 0 aromatic carbocycles. The number of ketones is 2. The van der Waals surface area contributed by atoms with Crippen molar-refractivity contribution in [1.82, 2.24) is 0 Å². The first-order valence-electron chi connectivity index (χ1n) is 5.97. The molecule has 0 spiro atoms. The predicted molar refractivity (Wildman–Crippen MR) is 65.0 cm³/mol. The van der Waals surface area contributed by atoms with E-state index >= 15 is 0 Å². The minimum Gasteiger partial charge on any atom is -0.385 e. The summed E-state index contributed by atoms with van der Waals surface area (Å²) in [5.74, 6) is -1.10. The Hall–Kier alpha value is -1.36. The highest BCUT2D eigenvalue weighted by molar-refractivity contribution is 6.39. The molecular weight excluding hydrogens is 236 g/mol. The average molecular weight is 256 g/mol. The number of carbonyl (C=O) groups is 2. The second-order valence-corrected chi connectivity index (χ2v) is 4.60. The first-order valence-corrected chi connectivity index (χ1v) is 5.97. The van der Waals surface area contributed by atoms with Crippen LogP contribution in [0.1, 0.15) is 40.0 Å². The predicted octanol–water partition coefficient (Wildman–Crippen LogP) is 0.363. The molecule has 0 fully saturated rings. The molecule has 102 valence electrons. The number of nitrogens with zero attached hydrogens (tertiary/aromatic N) is 2. The van der Waals surface area contributed by atoms with Gasteiger partial charge < -0.3 is 15.7 Å². The number of rotatable bonds is 8. The van der Waals surface area contributed by atoms with Gasteiger partial charge in [0.1, 0.15) is 12.2 Å². The number of carbonyl (C=O) groups excluding carboxylic acids is 2. The van der Waals surface area contributed by atoms with Gasteiger partial charge in [-0.2, -0.15) is 4.79 Å². The molecule has 0 saturated heterocycles. The van der Waals surface area contributed by atoms with Crippen molar-refractivity contribution in [2.75, 3.05) is 0 Å². The highest BCUT2D eigenvalue weighted by Crippen LogP contribution is 2.07. The number of aliphatic hydroxyl groups is 2. The summed E-state index contributed by atoms with van der Waals surface area (Å²) in [4.78, 5) is 25.7. The molecule has 0 saturated carbocycles. The number of hydrogen-bond acceptors (Lipinski definition) is 4. The van der Waals surface area contributed by atoms with Crippen LogP contribution in [0.5, 0.6) is 0 Å². The number of aliphatic hydroxyl groups excluding tert-OH is 2. The first-order chi connectivity index (χ1) is 8.33. The van der Waals surface area contributed by atoms with Crippen LogP contribution in [0, 0.1) is 5.92 Å². The Morgan fingerprint density at radius 2 is 1.78 bits per heavy atom. The molecule has 0 bridgehead atoms. The quantitative estimate of drug-likeness (QED) is 0.371. The van der Waals surface area contributed by atoms with Crippen LogP contribution < -0.4 is 0 Å². The lowest BCUT2D eigenvalue weighted by Crippen LogP contribution is -2.35. The van der Waals surface area contributed by atoms with Crippen LogP contribution in [0.15, 0.2) is 0 Å². The van der Waals surface area contributed by atoms with E-state index in [1.807, 2.05) is 13.8 Å². The maximum Gasteiger partial charge on any atom is 0.337 e. The zero-order valence-electron chi connectivity index (χ0n) is 11.0. The lowest BCUT2D eigenvalue weighted by Gasteiger charge is -2.12. The Bertz CT molecular complexity index is 359. The molecule has 18 heavy (non-hydrogen) atoms. The van der Waals surface area contributed by atoms with Crippen molar-refractivity contribution >= 4 is 17.3 Å². The fourth-order valence-corrected chi connectivity index (χ4v) is 1.46. The van der Waals surface area contributed by atoms with Crippen molar-refractivity contribution in [3.63, 3.8) is 0 Å². The van der Waals surface area contributed by atoms with E-state index in [1.54, 1.807) is 6.92 Å². The summed E-state index contributed by atoms with van der Waals surface area (Å²) in [5, 5.41) is 19.0. The average Bonchev–Trinajstić information content (AvgIpc) is 2.33. The van der Waals surface area contributed by atoms with Crippen LogP contribution >= 0.6 is 0 Å². The second-order valence-electron chi connectivity index (χ2n) is 4.60. The lowest BCUT2D eigenvalue weighted by atomic mass is 9.97. The molecule has 0 radical (unpaired) electrons. The van der Waals surface area contributed by atoms with Gasteiger partial charge in [0, 0.05) is 12.8 Å². The Balaban J connectivity index is 4.59. The summed E-state index contributed by atoms with van der Waals surface area (Å²) >= 11 is 0. The Kier molecular flexibility index (Phi) is 7.27. The standard InChI is InChI=1S/C12H20N2O4/c1-4-9(15)10(16)6-11(17)12(18)8(14-13)5-7(2)3/h7,10-11,16-17H,4-6H2,1-3H3. The zero-order valence-corrected chi connectivity index (χ0v) is 11.0. The monoisotopic (exact) mass is 256 g/mol. The van der Waals surface area contributed by atoms with E-state index in [1.165, 1.54) is 0 Å². The van der Waals surface area contributed by atoms with Crippen LogP contribution in [0.25, 0.3) is 5.53 Å². The fourth-order valence-electron chi connectivity index (χ4n) is 1.46. The van der Waals surface area contributed by atoms with Crippen molar-refractivity contribution in [2.45, 2.75) is 52.2 Å². The van der Waals surface area contributed by atoms with Crippen molar-refractivity contribution in [1.29, 1.82) is 0 Å². The number of Topliss-reactive ketones (excluding diaryl/α,β-unsaturated/α-hetero) is 2. The van der Waals surface area contributed by atoms with Crippen molar-refractivity contribution in [2.24, 2.45) is 5.92 Å². The SMILES string of the molecule is CCC(=O)C(O)CC(O)C(=O)C(CC(C)C)=[N+]=[N-]. The zero-order chi connectivity index (χ0) is 14.3. The van der Waals surface area contributed by atoms with Crippen LogP contribution in [-0.4, -0.2) is 44.5 Å². The van der Waals surface area contributed by atoms with Crippen molar-refractivity contribution < 1.29 is 24.6 Å². The molecular formula is C12H20N2O4. The normalized spacial score (nSPS) is 13.9. The smallest absolute Gasteiger partial charge is 0.337 e. The minimum absolute atomic E-state index is 0.0919. The van der Waals surface area contributed by atoms with E-state index < -0.39 is 23.8 Å². The summed E-state index contributed by atoms with van der Waals surface area (Å²) in [7, 11) is 0. The van der Waals surface area contributed by atoms with Gasteiger partial charge in [0.05, 0.1) is 6.42 Å². The van der Waals surface area contributed by atoms with Crippen molar-refractivity contribution in [3.8, 4) is 0 Å². The Morgan fingerprint density at radius 1 is 1.22 bits per heavy atom. The molecule has 2 unspecified atom stereocenters. The minimum atomic E-state index is -1.53. The summed E-state index contributed by atoms with van der Waals surface area (Å²) < 4.78 is 0. The third-order valence-electron chi connectivity index (χ3n) is 2.48.